The fourth-order valence-corrected chi connectivity index (χ4v) is 4.39. The highest BCUT2D eigenvalue weighted by Gasteiger charge is 2.17. The number of unbranched alkanes of at least 4 members (excludes halogenated alkanes) is 1. The van der Waals surface area contributed by atoms with Crippen molar-refractivity contribution < 1.29 is 9.53 Å². The highest BCUT2D eigenvalue weighted by atomic mass is 16.5. The van der Waals surface area contributed by atoms with Crippen LogP contribution in [0.15, 0.2) is 48.5 Å². The average Bonchev–Trinajstić information content (AvgIpc) is 3.16. The number of rotatable bonds is 8. The molecule has 0 amide bonds. The number of hydrogen-bond donors (Lipinski definition) is 1. The topological polar surface area (TPSA) is 73.4 Å². The number of ether oxygens (including phenoxy) is 1. The summed E-state index contributed by atoms with van der Waals surface area (Å²) in [5.74, 6) is 0.103. The Bertz CT molecular complexity index is 1290. The number of pyridine rings is 1. The lowest BCUT2D eigenvalue weighted by atomic mass is 10.1. The van der Waals surface area contributed by atoms with Crippen molar-refractivity contribution in [2.24, 2.45) is 0 Å². The van der Waals surface area contributed by atoms with Gasteiger partial charge < -0.3 is 19.9 Å². The summed E-state index contributed by atoms with van der Waals surface area (Å²) in [4.78, 5) is 18.8. The van der Waals surface area contributed by atoms with Crippen molar-refractivity contribution in [1.29, 1.82) is 0 Å². The summed E-state index contributed by atoms with van der Waals surface area (Å²) in [6.45, 7) is 3.88. The van der Waals surface area contributed by atoms with Gasteiger partial charge in [-0.3, -0.25) is 0 Å². The van der Waals surface area contributed by atoms with Gasteiger partial charge in [0.15, 0.2) is 0 Å². The Balaban J connectivity index is 1.85. The van der Waals surface area contributed by atoms with Crippen molar-refractivity contribution in [3.05, 3.63) is 70.9 Å². The van der Waals surface area contributed by atoms with Crippen LogP contribution < -0.4 is 5.73 Å². The van der Waals surface area contributed by atoms with Crippen LogP contribution in [0.4, 0.5) is 5.82 Å². The average molecular weight is 445 g/mol. The normalized spacial score (nSPS) is 11.5. The van der Waals surface area contributed by atoms with Gasteiger partial charge in [-0.2, -0.15) is 0 Å². The molecule has 0 spiro atoms. The molecule has 33 heavy (non-hydrogen) atoms. The minimum Gasteiger partial charge on any atom is -0.465 e. The summed E-state index contributed by atoms with van der Waals surface area (Å²) in [5.41, 5.74) is 12.4. The molecular formula is C27H32N4O2. The van der Waals surface area contributed by atoms with Gasteiger partial charge in [-0.15, -0.1) is 0 Å². The van der Waals surface area contributed by atoms with E-state index in [1.807, 2.05) is 6.07 Å². The number of benzene rings is 2. The van der Waals surface area contributed by atoms with E-state index in [0.717, 1.165) is 48.6 Å². The van der Waals surface area contributed by atoms with E-state index in [-0.39, 0.29) is 5.97 Å². The maximum Gasteiger partial charge on any atom is 0.337 e. The van der Waals surface area contributed by atoms with Gasteiger partial charge in [0.2, 0.25) is 0 Å². The number of anilines is 1. The third-order valence-corrected chi connectivity index (χ3v) is 6.02. The number of aryl methyl sites for hydroxylation is 1. The standard InChI is InChI=1S/C27H32N4O2/c1-5-6-7-21-15-23-25(31(21)17-19-10-8-18(9-11-19)16-30(2)3)22-13-12-20(27(32)33-4)14-24(22)29-26(23)28/h8-15H,5-7,16-17H2,1-4H3,(H2,28,29). The largest absolute Gasteiger partial charge is 0.465 e. The Morgan fingerprint density at radius 3 is 2.45 bits per heavy atom. The van der Waals surface area contributed by atoms with Crippen LogP contribution in [-0.2, 0) is 24.2 Å². The smallest absolute Gasteiger partial charge is 0.337 e. The Hall–Kier alpha value is -3.38. The number of nitrogens with zero attached hydrogens (tertiary/aromatic N) is 3. The van der Waals surface area contributed by atoms with Gasteiger partial charge in [-0.25, -0.2) is 9.78 Å². The number of fused-ring (bicyclic) bond motifs is 3. The molecule has 2 heterocycles. The molecule has 4 aromatic rings. The van der Waals surface area contributed by atoms with Crippen molar-refractivity contribution in [1.82, 2.24) is 14.5 Å². The lowest BCUT2D eigenvalue weighted by Gasteiger charge is -2.14. The lowest BCUT2D eigenvalue weighted by molar-refractivity contribution is 0.0601. The van der Waals surface area contributed by atoms with Crippen LogP contribution >= 0.6 is 0 Å². The van der Waals surface area contributed by atoms with Crippen molar-refractivity contribution in [3.63, 3.8) is 0 Å². The SMILES string of the molecule is CCCCc1cc2c(N)nc3cc(C(=O)OC)ccc3c2n1Cc1ccc(CN(C)C)cc1. The molecular weight excluding hydrogens is 412 g/mol. The second kappa shape index (κ2) is 9.63. The molecule has 0 atom stereocenters. The van der Waals surface area contributed by atoms with Crippen molar-refractivity contribution >= 4 is 33.6 Å². The molecule has 0 bridgehead atoms. The number of methoxy groups -OCH3 is 1. The van der Waals surface area contributed by atoms with E-state index in [0.29, 0.717) is 16.9 Å². The number of hydrogen-bond acceptors (Lipinski definition) is 5. The molecule has 0 aliphatic heterocycles. The second-order valence-electron chi connectivity index (χ2n) is 8.86. The molecule has 0 aliphatic rings. The van der Waals surface area contributed by atoms with Crippen molar-refractivity contribution in [3.8, 4) is 0 Å². The van der Waals surface area contributed by atoms with Crippen LogP contribution in [-0.4, -0.2) is 41.6 Å². The minimum absolute atomic E-state index is 0.380. The number of aromatic nitrogens is 2. The zero-order chi connectivity index (χ0) is 23.5. The van der Waals surface area contributed by atoms with E-state index in [4.69, 9.17) is 10.5 Å². The van der Waals surface area contributed by atoms with E-state index in [9.17, 15) is 4.79 Å². The first-order chi connectivity index (χ1) is 15.9. The number of carbonyl (C=O) groups is 1. The fourth-order valence-electron chi connectivity index (χ4n) is 4.39. The van der Waals surface area contributed by atoms with E-state index in [2.05, 4.69) is 65.8 Å². The first-order valence-corrected chi connectivity index (χ1v) is 11.4. The highest BCUT2D eigenvalue weighted by Crippen LogP contribution is 2.33. The molecule has 172 valence electrons. The Morgan fingerprint density at radius 2 is 1.79 bits per heavy atom. The van der Waals surface area contributed by atoms with Crippen LogP contribution in [0.25, 0.3) is 21.8 Å². The van der Waals surface area contributed by atoms with Crippen LogP contribution in [0, 0.1) is 0 Å². The number of esters is 1. The molecule has 0 fully saturated rings. The summed E-state index contributed by atoms with van der Waals surface area (Å²) < 4.78 is 7.25. The monoisotopic (exact) mass is 444 g/mol. The molecule has 2 aromatic carbocycles. The van der Waals surface area contributed by atoms with Gasteiger partial charge in [-0.1, -0.05) is 37.6 Å². The molecule has 0 saturated carbocycles. The lowest BCUT2D eigenvalue weighted by Crippen LogP contribution is -2.10. The minimum atomic E-state index is -0.380. The predicted octanol–water partition coefficient (Wildman–Crippen LogP) is 5.01. The van der Waals surface area contributed by atoms with E-state index >= 15 is 0 Å². The fraction of sp³-hybridized carbons (Fsp3) is 0.333. The molecule has 2 aromatic heterocycles. The molecule has 6 heteroatoms. The van der Waals surface area contributed by atoms with Gasteiger partial charge in [0.05, 0.1) is 23.7 Å². The summed E-state index contributed by atoms with van der Waals surface area (Å²) >= 11 is 0. The van der Waals surface area contributed by atoms with Crippen LogP contribution in [0.1, 0.15) is 46.9 Å². The molecule has 0 unspecified atom stereocenters. The first-order valence-electron chi connectivity index (χ1n) is 11.4. The molecule has 0 saturated heterocycles. The Labute approximate surface area is 195 Å². The van der Waals surface area contributed by atoms with Crippen LogP contribution in [0.5, 0.6) is 0 Å². The Morgan fingerprint density at radius 1 is 1.06 bits per heavy atom. The number of carbonyl (C=O) groups excluding carboxylic acids is 1. The summed E-state index contributed by atoms with van der Waals surface area (Å²) in [7, 11) is 5.54. The van der Waals surface area contributed by atoms with Crippen molar-refractivity contribution in [2.45, 2.75) is 39.3 Å². The third kappa shape index (κ3) is 4.71. The highest BCUT2D eigenvalue weighted by molar-refractivity contribution is 6.10. The Kier molecular flexibility index (Phi) is 6.65. The molecule has 6 nitrogen and oxygen atoms in total. The molecule has 0 aliphatic carbocycles. The van der Waals surface area contributed by atoms with Crippen molar-refractivity contribution in [2.75, 3.05) is 26.9 Å². The van der Waals surface area contributed by atoms with Gasteiger partial charge >= 0.3 is 5.97 Å². The van der Waals surface area contributed by atoms with Gasteiger partial charge in [0.1, 0.15) is 5.82 Å². The van der Waals surface area contributed by atoms with Gasteiger partial charge in [0, 0.05) is 29.6 Å². The first kappa shape index (κ1) is 22.8. The van der Waals surface area contributed by atoms with E-state index in [1.54, 1.807) is 12.1 Å². The van der Waals surface area contributed by atoms with E-state index < -0.39 is 0 Å². The zero-order valence-corrected chi connectivity index (χ0v) is 19.9. The van der Waals surface area contributed by atoms with Gasteiger partial charge in [-0.05, 0) is 62.3 Å². The third-order valence-electron chi connectivity index (χ3n) is 6.02. The summed E-state index contributed by atoms with van der Waals surface area (Å²) in [6.07, 6.45) is 3.21. The van der Waals surface area contributed by atoms with Crippen LogP contribution in [0.2, 0.25) is 0 Å². The number of nitrogens with two attached hydrogens (primary N) is 1. The number of nitrogen functional groups attached to an aromatic ring is 1. The molecule has 2 N–H and O–H groups in total. The zero-order valence-electron chi connectivity index (χ0n) is 19.9. The molecule has 4 rings (SSSR count). The maximum atomic E-state index is 12.0. The molecule has 0 radical (unpaired) electrons. The summed E-state index contributed by atoms with van der Waals surface area (Å²) in [6, 6.07) is 16.5. The summed E-state index contributed by atoms with van der Waals surface area (Å²) in [5, 5.41) is 1.95. The van der Waals surface area contributed by atoms with Gasteiger partial charge in [0.25, 0.3) is 0 Å². The maximum absolute atomic E-state index is 12.0. The van der Waals surface area contributed by atoms with Crippen LogP contribution in [0.3, 0.4) is 0 Å². The second-order valence-corrected chi connectivity index (χ2v) is 8.86. The quantitative estimate of drug-likeness (QED) is 0.387. The predicted molar refractivity (Wildman–Crippen MR) is 135 cm³/mol. The van der Waals surface area contributed by atoms with E-state index in [1.165, 1.54) is 23.9 Å².